The van der Waals surface area contributed by atoms with Gasteiger partial charge in [0.15, 0.2) is 0 Å². The minimum atomic E-state index is -4.13. The van der Waals surface area contributed by atoms with Gasteiger partial charge in [0.1, 0.15) is 0 Å². The van der Waals surface area contributed by atoms with E-state index in [0.29, 0.717) is 6.42 Å². The first-order chi connectivity index (χ1) is 7.51. The molecule has 0 aliphatic rings. The molecule has 0 aliphatic carbocycles. The number of nitrogens with zero attached hydrogens (tertiary/aromatic N) is 1. The monoisotopic (exact) mass is 233 g/mol. The fourth-order valence-corrected chi connectivity index (χ4v) is 1.39. The van der Waals surface area contributed by atoms with Crippen molar-refractivity contribution in [1.82, 2.24) is 10.4 Å². The number of nitrogens with one attached hydrogen (secondary N) is 1. The third-order valence-corrected chi connectivity index (χ3v) is 2.24. The van der Waals surface area contributed by atoms with E-state index in [2.05, 4.69) is 10.4 Å². The van der Waals surface area contributed by atoms with Crippen LogP contribution in [0, 0.1) is 0 Å². The van der Waals surface area contributed by atoms with E-state index in [1.807, 2.05) is 0 Å². The predicted molar refractivity (Wildman–Crippen MR) is 54.3 cm³/mol. The largest absolute Gasteiger partial charge is 0.389 e. The van der Waals surface area contributed by atoms with Crippen LogP contribution in [0.4, 0.5) is 13.2 Å². The van der Waals surface area contributed by atoms with E-state index in [0.717, 1.165) is 5.56 Å². The molecule has 16 heavy (non-hydrogen) atoms. The highest BCUT2D eigenvalue weighted by molar-refractivity contribution is 5.11. The minimum Gasteiger partial charge on any atom is -0.271 e. The number of aromatic nitrogens is 1. The van der Waals surface area contributed by atoms with Crippen molar-refractivity contribution in [2.45, 2.75) is 31.5 Å². The first-order valence-electron chi connectivity index (χ1n) is 4.93. The van der Waals surface area contributed by atoms with Crippen molar-refractivity contribution in [2.24, 2.45) is 5.84 Å². The number of nitrogens with two attached hydrogens (primary N) is 1. The van der Waals surface area contributed by atoms with Crippen molar-refractivity contribution in [3.05, 3.63) is 30.1 Å². The second-order valence-corrected chi connectivity index (χ2v) is 3.58. The van der Waals surface area contributed by atoms with Gasteiger partial charge in [0, 0.05) is 24.9 Å². The molecule has 1 rings (SSSR count). The minimum absolute atomic E-state index is 0.0255. The molecule has 3 N–H and O–H groups in total. The zero-order chi connectivity index (χ0) is 12.0. The lowest BCUT2D eigenvalue weighted by Crippen LogP contribution is -2.37. The maximum atomic E-state index is 12.0. The Hall–Kier alpha value is -1.14. The highest BCUT2D eigenvalue weighted by Gasteiger charge is 2.28. The van der Waals surface area contributed by atoms with Crippen molar-refractivity contribution in [1.29, 1.82) is 0 Å². The van der Waals surface area contributed by atoms with Gasteiger partial charge in [-0.3, -0.25) is 16.3 Å². The molecule has 0 saturated heterocycles. The number of hydrazine groups is 1. The summed E-state index contributed by atoms with van der Waals surface area (Å²) in [6, 6.07) is 3.15. The molecule has 0 spiro atoms. The first kappa shape index (κ1) is 12.9. The molecule has 1 aromatic rings. The molecular formula is C10H14F3N3. The Morgan fingerprint density at radius 1 is 1.31 bits per heavy atom. The van der Waals surface area contributed by atoms with Gasteiger partial charge < -0.3 is 0 Å². The maximum absolute atomic E-state index is 12.0. The SMILES string of the molecule is NNC(CCC(F)(F)F)Cc1ccncc1. The van der Waals surface area contributed by atoms with Crippen molar-refractivity contribution >= 4 is 0 Å². The smallest absolute Gasteiger partial charge is 0.271 e. The molecule has 3 nitrogen and oxygen atoms in total. The Labute approximate surface area is 91.8 Å². The normalized spacial score (nSPS) is 13.8. The summed E-state index contributed by atoms with van der Waals surface area (Å²) < 4.78 is 36.0. The van der Waals surface area contributed by atoms with Gasteiger partial charge in [0.05, 0.1) is 0 Å². The van der Waals surface area contributed by atoms with Crippen LogP contribution in [0.25, 0.3) is 0 Å². The van der Waals surface area contributed by atoms with Gasteiger partial charge in [-0.05, 0) is 30.5 Å². The summed E-state index contributed by atoms with van der Waals surface area (Å²) in [6.07, 6.45) is -1.31. The third kappa shape index (κ3) is 5.09. The van der Waals surface area contributed by atoms with Crippen LogP contribution in [0.5, 0.6) is 0 Å². The summed E-state index contributed by atoms with van der Waals surface area (Å²) in [4.78, 5) is 3.83. The Balaban J connectivity index is 2.44. The number of halogens is 3. The topological polar surface area (TPSA) is 50.9 Å². The number of alkyl halides is 3. The van der Waals surface area contributed by atoms with E-state index >= 15 is 0 Å². The molecular weight excluding hydrogens is 219 g/mol. The van der Waals surface area contributed by atoms with Crippen molar-refractivity contribution in [3.8, 4) is 0 Å². The van der Waals surface area contributed by atoms with Crippen LogP contribution >= 0.6 is 0 Å². The molecule has 1 aromatic heterocycles. The molecule has 0 bridgehead atoms. The van der Waals surface area contributed by atoms with Crippen LogP contribution < -0.4 is 11.3 Å². The Morgan fingerprint density at radius 3 is 2.44 bits per heavy atom. The second kappa shape index (κ2) is 5.81. The number of pyridine rings is 1. The Kier molecular flexibility index (Phi) is 4.70. The van der Waals surface area contributed by atoms with Gasteiger partial charge in [-0.1, -0.05) is 0 Å². The average Bonchev–Trinajstić information content (AvgIpc) is 2.24. The van der Waals surface area contributed by atoms with Gasteiger partial charge in [0.25, 0.3) is 0 Å². The molecule has 1 heterocycles. The van der Waals surface area contributed by atoms with Crippen molar-refractivity contribution in [3.63, 3.8) is 0 Å². The molecule has 0 aromatic carbocycles. The van der Waals surface area contributed by atoms with Crippen LogP contribution in [0.2, 0.25) is 0 Å². The predicted octanol–water partition coefficient (Wildman–Crippen LogP) is 1.80. The Bertz CT molecular complexity index is 300. The number of hydrogen-bond donors (Lipinski definition) is 2. The van der Waals surface area contributed by atoms with Crippen LogP contribution in [-0.4, -0.2) is 17.2 Å². The quantitative estimate of drug-likeness (QED) is 0.602. The zero-order valence-corrected chi connectivity index (χ0v) is 8.67. The van der Waals surface area contributed by atoms with Gasteiger partial charge in [-0.15, -0.1) is 0 Å². The van der Waals surface area contributed by atoms with E-state index in [-0.39, 0.29) is 12.5 Å². The summed E-state index contributed by atoms with van der Waals surface area (Å²) in [7, 11) is 0. The molecule has 90 valence electrons. The molecule has 0 aliphatic heterocycles. The Morgan fingerprint density at radius 2 is 1.94 bits per heavy atom. The van der Waals surface area contributed by atoms with Crippen LogP contribution in [0.15, 0.2) is 24.5 Å². The van der Waals surface area contributed by atoms with Gasteiger partial charge in [-0.2, -0.15) is 13.2 Å². The lowest BCUT2D eigenvalue weighted by atomic mass is 10.0. The van der Waals surface area contributed by atoms with Gasteiger partial charge >= 0.3 is 6.18 Å². The average molecular weight is 233 g/mol. The van der Waals surface area contributed by atoms with Gasteiger partial charge in [0.2, 0.25) is 0 Å². The van der Waals surface area contributed by atoms with E-state index in [4.69, 9.17) is 5.84 Å². The lowest BCUT2D eigenvalue weighted by Gasteiger charge is -2.16. The third-order valence-electron chi connectivity index (χ3n) is 2.24. The maximum Gasteiger partial charge on any atom is 0.389 e. The number of hydrogen-bond acceptors (Lipinski definition) is 3. The van der Waals surface area contributed by atoms with E-state index in [1.54, 1.807) is 24.5 Å². The van der Waals surface area contributed by atoms with Crippen molar-refractivity contribution in [2.75, 3.05) is 0 Å². The fourth-order valence-electron chi connectivity index (χ4n) is 1.39. The summed E-state index contributed by atoms with van der Waals surface area (Å²) in [5.74, 6) is 5.22. The van der Waals surface area contributed by atoms with Crippen LogP contribution in [-0.2, 0) is 6.42 Å². The highest BCUT2D eigenvalue weighted by atomic mass is 19.4. The number of rotatable bonds is 5. The van der Waals surface area contributed by atoms with E-state index in [9.17, 15) is 13.2 Å². The van der Waals surface area contributed by atoms with Crippen molar-refractivity contribution < 1.29 is 13.2 Å². The summed E-state index contributed by atoms with van der Waals surface area (Å²) in [5.41, 5.74) is 3.32. The molecule has 6 heteroatoms. The summed E-state index contributed by atoms with van der Waals surface area (Å²) in [5, 5.41) is 0. The zero-order valence-electron chi connectivity index (χ0n) is 8.67. The molecule has 1 atom stereocenters. The molecule has 0 radical (unpaired) electrons. The van der Waals surface area contributed by atoms with Crippen LogP contribution in [0.3, 0.4) is 0 Å². The van der Waals surface area contributed by atoms with E-state index in [1.165, 1.54) is 0 Å². The molecule has 0 amide bonds. The van der Waals surface area contributed by atoms with Crippen LogP contribution in [0.1, 0.15) is 18.4 Å². The first-order valence-corrected chi connectivity index (χ1v) is 4.93. The molecule has 1 unspecified atom stereocenters. The highest BCUT2D eigenvalue weighted by Crippen LogP contribution is 2.22. The summed E-state index contributed by atoms with van der Waals surface area (Å²) in [6.45, 7) is 0. The van der Waals surface area contributed by atoms with E-state index < -0.39 is 12.6 Å². The van der Waals surface area contributed by atoms with Gasteiger partial charge in [-0.25, -0.2) is 0 Å². The standard InChI is InChI=1S/C10H14F3N3/c11-10(12,13)4-1-9(16-14)7-8-2-5-15-6-3-8/h2-3,5-6,9,16H,1,4,7,14H2. The molecule has 0 saturated carbocycles. The fraction of sp³-hybridized carbons (Fsp3) is 0.500. The summed E-state index contributed by atoms with van der Waals surface area (Å²) >= 11 is 0. The second-order valence-electron chi connectivity index (χ2n) is 3.58. The lowest BCUT2D eigenvalue weighted by molar-refractivity contribution is -0.136. The molecule has 0 fully saturated rings.